The van der Waals surface area contributed by atoms with E-state index in [-0.39, 0.29) is 11.3 Å². The van der Waals surface area contributed by atoms with Crippen molar-refractivity contribution in [2.45, 2.75) is 19.0 Å². The summed E-state index contributed by atoms with van der Waals surface area (Å²) in [6.07, 6.45) is 0. The molecule has 0 saturated carbocycles. The molecule has 0 saturated heterocycles. The van der Waals surface area contributed by atoms with E-state index >= 15 is 0 Å². The molecular formula is C24H21FN2O2S. The molecule has 0 bridgehead atoms. The van der Waals surface area contributed by atoms with E-state index in [0.717, 1.165) is 16.8 Å². The van der Waals surface area contributed by atoms with Gasteiger partial charge in [-0.3, -0.25) is 9.36 Å². The van der Waals surface area contributed by atoms with Crippen LogP contribution in [0.5, 0.6) is 5.75 Å². The Balaban J connectivity index is 1.67. The second-order valence-electron chi connectivity index (χ2n) is 7.03. The Hall–Kier alpha value is -3.12. The number of hydrogen-bond acceptors (Lipinski definition) is 4. The summed E-state index contributed by atoms with van der Waals surface area (Å²) in [6, 6.07) is 19.7. The molecular weight excluding hydrogens is 399 g/mol. The Morgan fingerprint density at radius 3 is 2.47 bits per heavy atom. The molecule has 6 heteroatoms. The maximum Gasteiger partial charge on any atom is 0.266 e. The van der Waals surface area contributed by atoms with Crippen molar-refractivity contribution < 1.29 is 9.13 Å². The van der Waals surface area contributed by atoms with Crippen molar-refractivity contribution in [3.8, 4) is 11.4 Å². The molecule has 0 aliphatic heterocycles. The van der Waals surface area contributed by atoms with E-state index in [2.05, 4.69) is 6.07 Å². The lowest BCUT2D eigenvalue weighted by atomic mass is 10.1. The molecule has 152 valence electrons. The van der Waals surface area contributed by atoms with E-state index in [1.807, 2.05) is 44.2 Å². The number of rotatable bonds is 6. The van der Waals surface area contributed by atoms with E-state index in [1.165, 1.54) is 17.8 Å². The fourth-order valence-electron chi connectivity index (χ4n) is 3.36. The van der Waals surface area contributed by atoms with Gasteiger partial charge in [0, 0.05) is 5.75 Å². The summed E-state index contributed by atoms with van der Waals surface area (Å²) in [5.74, 6) is 0.346. The zero-order valence-corrected chi connectivity index (χ0v) is 17.6. The van der Waals surface area contributed by atoms with Gasteiger partial charge in [0.2, 0.25) is 0 Å². The minimum atomic E-state index is -0.390. The first kappa shape index (κ1) is 20.2. The highest BCUT2D eigenvalue weighted by atomic mass is 32.2. The number of aromatic nitrogens is 2. The summed E-state index contributed by atoms with van der Waals surface area (Å²) in [5, 5.41) is 1.16. The van der Waals surface area contributed by atoms with Crippen molar-refractivity contribution in [1.82, 2.24) is 9.55 Å². The van der Waals surface area contributed by atoms with Crippen molar-refractivity contribution in [1.29, 1.82) is 0 Å². The summed E-state index contributed by atoms with van der Waals surface area (Å²) in [4.78, 5) is 18.0. The van der Waals surface area contributed by atoms with Crippen LogP contribution in [-0.2, 0) is 0 Å². The van der Waals surface area contributed by atoms with Crippen LogP contribution in [0.25, 0.3) is 16.6 Å². The highest BCUT2D eigenvalue weighted by Gasteiger charge is 2.14. The van der Waals surface area contributed by atoms with Gasteiger partial charge < -0.3 is 4.74 Å². The number of aryl methyl sites for hydroxylation is 2. The van der Waals surface area contributed by atoms with E-state index in [1.54, 1.807) is 28.8 Å². The number of nitrogens with zero attached hydrogens (tertiary/aromatic N) is 2. The molecule has 0 atom stereocenters. The molecule has 0 amide bonds. The van der Waals surface area contributed by atoms with Gasteiger partial charge in [0.05, 0.1) is 23.2 Å². The lowest BCUT2D eigenvalue weighted by Gasteiger charge is -2.15. The number of para-hydroxylation sites is 2. The lowest BCUT2D eigenvalue weighted by molar-refractivity contribution is 0.325. The van der Waals surface area contributed by atoms with Crippen molar-refractivity contribution >= 4 is 22.7 Å². The predicted octanol–water partition coefficient (Wildman–Crippen LogP) is 5.31. The first-order valence-electron chi connectivity index (χ1n) is 9.63. The molecule has 4 rings (SSSR count). The minimum Gasteiger partial charge on any atom is -0.490 e. The van der Waals surface area contributed by atoms with Crippen LogP contribution in [-0.4, -0.2) is 21.9 Å². The van der Waals surface area contributed by atoms with E-state index in [0.29, 0.717) is 28.4 Å². The highest BCUT2D eigenvalue weighted by Crippen LogP contribution is 2.23. The zero-order chi connectivity index (χ0) is 21.1. The number of fused-ring (bicyclic) bond motifs is 1. The molecule has 30 heavy (non-hydrogen) atoms. The Morgan fingerprint density at radius 2 is 1.70 bits per heavy atom. The fourth-order valence-corrected chi connectivity index (χ4v) is 4.19. The van der Waals surface area contributed by atoms with Gasteiger partial charge in [-0.1, -0.05) is 42.1 Å². The number of thioether (sulfide) groups is 1. The van der Waals surface area contributed by atoms with Crippen LogP contribution in [0.3, 0.4) is 0 Å². The van der Waals surface area contributed by atoms with Gasteiger partial charge in [-0.05, 0) is 61.4 Å². The van der Waals surface area contributed by atoms with Crippen molar-refractivity contribution in [2.24, 2.45) is 0 Å². The van der Waals surface area contributed by atoms with Gasteiger partial charge >= 0.3 is 0 Å². The monoisotopic (exact) mass is 420 g/mol. The van der Waals surface area contributed by atoms with E-state index in [4.69, 9.17) is 9.72 Å². The molecule has 0 aliphatic carbocycles. The Labute approximate surface area is 178 Å². The van der Waals surface area contributed by atoms with E-state index in [9.17, 15) is 9.18 Å². The van der Waals surface area contributed by atoms with Crippen LogP contribution in [0.4, 0.5) is 4.39 Å². The Kier molecular flexibility index (Phi) is 5.86. The van der Waals surface area contributed by atoms with Crippen LogP contribution in [0, 0.1) is 19.7 Å². The van der Waals surface area contributed by atoms with Gasteiger partial charge in [-0.15, -0.1) is 0 Å². The van der Waals surface area contributed by atoms with Crippen LogP contribution >= 0.6 is 11.8 Å². The quantitative estimate of drug-likeness (QED) is 0.241. The number of halogens is 1. The average molecular weight is 421 g/mol. The summed E-state index contributed by atoms with van der Waals surface area (Å²) >= 11 is 1.41. The normalized spacial score (nSPS) is 11.0. The number of ether oxygens (including phenoxy) is 1. The zero-order valence-electron chi connectivity index (χ0n) is 16.8. The third-order valence-corrected chi connectivity index (χ3v) is 5.52. The molecule has 1 aromatic heterocycles. The molecule has 4 aromatic rings. The van der Waals surface area contributed by atoms with Gasteiger partial charge in [0.25, 0.3) is 5.56 Å². The SMILES string of the molecule is Cc1cc(C)cc(-n2c(SCCOc3ccccc3F)nc3ccccc3c2=O)c1. The number of benzene rings is 3. The van der Waals surface area contributed by atoms with Gasteiger partial charge in [-0.2, -0.15) is 0 Å². The van der Waals surface area contributed by atoms with Crippen molar-refractivity contribution in [3.63, 3.8) is 0 Å². The molecule has 0 spiro atoms. The smallest absolute Gasteiger partial charge is 0.266 e. The third-order valence-electron chi connectivity index (χ3n) is 4.62. The lowest BCUT2D eigenvalue weighted by Crippen LogP contribution is -2.22. The largest absolute Gasteiger partial charge is 0.490 e. The number of hydrogen-bond donors (Lipinski definition) is 0. The van der Waals surface area contributed by atoms with Crippen molar-refractivity contribution in [2.75, 3.05) is 12.4 Å². The Bertz CT molecular complexity index is 1250. The Morgan fingerprint density at radius 1 is 1.00 bits per heavy atom. The molecule has 1 heterocycles. The van der Waals surface area contributed by atoms with Crippen LogP contribution < -0.4 is 10.3 Å². The van der Waals surface area contributed by atoms with Gasteiger partial charge in [0.1, 0.15) is 0 Å². The summed E-state index contributed by atoms with van der Waals surface area (Å²) in [6.45, 7) is 4.30. The van der Waals surface area contributed by atoms with Gasteiger partial charge in [-0.25, -0.2) is 9.37 Å². The van der Waals surface area contributed by atoms with Gasteiger partial charge in [0.15, 0.2) is 16.7 Å². The topological polar surface area (TPSA) is 44.1 Å². The van der Waals surface area contributed by atoms with Crippen molar-refractivity contribution in [3.05, 3.63) is 94.0 Å². The second-order valence-corrected chi connectivity index (χ2v) is 8.09. The maximum absolute atomic E-state index is 13.7. The van der Waals surface area contributed by atoms with Crippen LogP contribution in [0.1, 0.15) is 11.1 Å². The molecule has 0 unspecified atom stereocenters. The summed E-state index contributed by atoms with van der Waals surface area (Å²) < 4.78 is 20.9. The predicted molar refractivity (Wildman–Crippen MR) is 119 cm³/mol. The first-order valence-corrected chi connectivity index (χ1v) is 10.6. The van der Waals surface area contributed by atoms with Crippen LogP contribution in [0.15, 0.2) is 76.7 Å². The third kappa shape index (κ3) is 4.24. The molecule has 0 fully saturated rings. The summed E-state index contributed by atoms with van der Waals surface area (Å²) in [7, 11) is 0. The molecule has 0 N–H and O–H groups in total. The molecule has 0 radical (unpaired) electrons. The fraction of sp³-hybridized carbons (Fsp3) is 0.167. The second kappa shape index (κ2) is 8.71. The molecule has 3 aromatic carbocycles. The first-order chi connectivity index (χ1) is 14.5. The van der Waals surface area contributed by atoms with E-state index < -0.39 is 5.82 Å². The molecule has 4 nitrogen and oxygen atoms in total. The standard InChI is InChI=1S/C24H21FN2O2S/c1-16-13-17(2)15-18(14-16)27-23(28)19-7-3-5-9-21(19)26-24(27)30-12-11-29-22-10-6-4-8-20(22)25/h3-10,13-15H,11-12H2,1-2H3. The minimum absolute atomic E-state index is 0.108. The maximum atomic E-state index is 13.7. The summed E-state index contributed by atoms with van der Waals surface area (Å²) in [5.41, 5.74) is 3.48. The van der Waals surface area contributed by atoms with Crippen LogP contribution in [0.2, 0.25) is 0 Å². The highest BCUT2D eigenvalue weighted by molar-refractivity contribution is 7.99. The average Bonchev–Trinajstić information content (AvgIpc) is 2.72. The molecule has 0 aliphatic rings.